The molecule has 8 heteroatoms. The Morgan fingerprint density at radius 3 is 2.19 bits per heavy atom. The van der Waals surface area contributed by atoms with Crippen molar-refractivity contribution in [2.45, 2.75) is 39.8 Å². The summed E-state index contributed by atoms with van der Waals surface area (Å²) in [5, 5.41) is 9.84. The Morgan fingerprint density at radius 2 is 1.58 bits per heavy atom. The number of rotatable bonds is 8. The highest BCUT2D eigenvalue weighted by molar-refractivity contribution is 5.97. The topological polar surface area (TPSA) is 110 Å². The summed E-state index contributed by atoms with van der Waals surface area (Å²) in [6.45, 7) is 7.67. The van der Waals surface area contributed by atoms with Crippen LogP contribution in [-0.4, -0.2) is 33.0 Å². The third-order valence-electron chi connectivity index (χ3n) is 4.88. The molecular weight excluding hydrogens is 394 g/mol. The number of nitrogens with one attached hydrogen (secondary N) is 2. The number of carbonyl (C=O) groups excluding carboxylic acids is 2. The van der Waals surface area contributed by atoms with Gasteiger partial charge >= 0.3 is 0 Å². The Bertz CT molecular complexity index is 1000. The molecule has 0 radical (unpaired) electrons. The zero-order valence-corrected chi connectivity index (χ0v) is 18.1. The fourth-order valence-corrected chi connectivity index (χ4v) is 3.09. The van der Waals surface area contributed by atoms with Gasteiger partial charge in [-0.05, 0) is 36.1 Å². The molecule has 0 aliphatic heterocycles. The van der Waals surface area contributed by atoms with E-state index in [2.05, 4.69) is 25.8 Å². The first-order valence-corrected chi connectivity index (χ1v) is 10.3. The van der Waals surface area contributed by atoms with E-state index in [1.807, 2.05) is 33.8 Å². The van der Waals surface area contributed by atoms with Crippen LogP contribution in [0.2, 0.25) is 0 Å². The van der Waals surface area contributed by atoms with Gasteiger partial charge in [-0.1, -0.05) is 51.1 Å². The second kappa shape index (κ2) is 9.97. The van der Waals surface area contributed by atoms with Gasteiger partial charge in [0.2, 0.25) is 17.6 Å². The molecule has 0 fully saturated rings. The Morgan fingerprint density at radius 1 is 0.903 bits per heavy atom. The van der Waals surface area contributed by atoms with E-state index in [-0.39, 0.29) is 23.7 Å². The lowest BCUT2D eigenvalue weighted by molar-refractivity contribution is -0.125. The molecule has 2 heterocycles. The SMILES string of the molecule is CC(C)C(NC(=O)c1ccccc1)C(=O)NC(c1nc(-c2ccncc2)no1)C(C)C. The van der Waals surface area contributed by atoms with Crippen molar-refractivity contribution in [3.8, 4) is 11.4 Å². The lowest BCUT2D eigenvalue weighted by Gasteiger charge is -2.25. The molecule has 0 bridgehead atoms. The van der Waals surface area contributed by atoms with Crippen molar-refractivity contribution in [3.05, 3.63) is 66.3 Å². The quantitative estimate of drug-likeness (QED) is 0.577. The minimum atomic E-state index is -0.712. The first-order valence-electron chi connectivity index (χ1n) is 10.3. The molecule has 162 valence electrons. The van der Waals surface area contributed by atoms with Crippen LogP contribution in [0.5, 0.6) is 0 Å². The molecule has 0 aliphatic carbocycles. The molecule has 2 atom stereocenters. The minimum absolute atomic E-state index is 0.00710. The lowest BCUT2D eigenvalue weighted by Crippen LogP contribution is -2.51. The minimum Gasteiger partial charge on any atom is -0.342 e. The van der Waals surface area contributed by atoms with Crippen LogP contribution in [-0.2, 0) is 4.79 Å². The van der Waals surface area contributed by atoms with Crippen LogP contribution in [0.1, 0.15) is 50.0 Å². The predicted molar refractivity (Wildman–Crippen MR) is 116 cm³/mol. The number of pyridine rings is 1. The van der Waals surface area contributed by atoms with E-state index >= 15 is 0 Å². The molecule has 0 aliphatic rings. The molecule has 2 aromatic heterocycles. The van der Waals surface area contributed by atoms with Crippen LogP contribution in [0, 0.1) is 11.8 Å². The van der Waals surface area contributed by atoms with E-state index < -0.39 is 12.1 Å². The van der Waals surface area contributed by atoms with E-state index in [9.17, 15) is 9.59 Å². The van der Waals surface area contributed by atoms with Crippen LogP contribution in [0.25, 0.3) is 11.4 Å². The molecule has 2 N–H and O–H groups in total. The number of aromatic nitrogens is 3. The second-order valence-electron chi connectivity index (χ2n) is 7.98. The maximum Gasteiger partial charge on any atom is 0.251 e. The standard InChI is InChI=1S/C23H27N5O3/c1-14(2)18(25-21(29)17-8-6-5-7-9-17)22(30)26-19(15(3)4)23-27-20(28-31-23)16-10-12-24-13-11-16/h5-15,18-19H,1-4H3,(H,25,29)(H,26,30). The van der Waals surface area contributed by atoms with Gasteiger partial charge in [-0.2, -0.15) is 4.98 Å². The number of hydrogen-bond acceptors (Lipinski definition) is 6. The van der Waals surface area contributed by atoms with Gasteiger partial charge < -0.3 is 15.2 Å². The van der Waals surface area contributed by atoms with Gasteiger partial charge in [0, 0.05) is 23.5 Å². The zero-order valence-electron chi connectivity index (χ0n) is 18.1. The van der Waals surface area contributed by atoms with E-state index in [1.165, 1.54) is 0 Å². The summed E-state index contributed by atoms with van der Waals surface area (Å²) < 4.78 is 5.45. The average molecular weight is 422 g/mol. The van der Waals surface area contributed by atoms with Crippen molar-refractivity contribution in [1.82, 2.24) is 25.8 Å². The molecule has 3 rings (SSSR count). The summed E-state index contributed by atoms with van der Waals surface area (Å²) in [6.07, 6.45) is 3.30. The van der Waals surface area contributed by atoms with Crippen LogP contribution >= 0.6 is 0 Å². The van der Waals surface area contributed by atoms with E-state index in [0.29, 0.717) is 17.3 Å². The van der Waals surface area contributed by atoms with Gasteiger partial charge in [0.15, 0.2) is 0 Å². The summed E-state index contributed by atoms with van der Waals surface area (Å²) >= 11 is 0. The Hall–Kier alpha value is -3.55. The van der Waals surface area contributed by atoms with Gasteiger partial charge in [-0.25, -0.2) is 0 Å². The molecule has 0 saturated heterocycles. The Labute approximate surface area is 181 Å². The van der Waals surface area contributed by atoms with Crippen LogP contribution in [0.4, 0.5) is 0 Å². The molecule has 8 nitrogen and oxygen atoms in total. The van der Waals surface area contributed by atoms with Crippen molar-refractivity contribution in [2.24, 2.45) is 11.8 Å². The molecule has 3 aromatic rings. The molecular formula is C23H27N5O3. The summed E-state index contributed by atoms with van der Waals surface area (Å²) in [6, 6.07) is 11.2. The average Bonchev–Trinajstić information content (AvgIpc) is 3.26. The fourth-order valence-electron chi connectivity index (χ4n) is 3.09. The normalized spacial score (nSPS) is 13.1. The molecule has 0 saturated carbocycles. The van der Waals surface area contributed by atoms with E-state index in [4.69, 9.17) is 4.52 Å². The first-order chi connectivity index (χ1) is 14.9. The zero-order chi connectivity index (χ0) is 22.4. The third-order valence-corrected chi connectivity index (χ3v) is 4.88. The number of hydrogen-bond donors (Lipinski definition) is 2. The monoisotopic (exact) mass is 421 g/mol. The Kier molecular flexibility index (Phi) is 7.12. The number of carbonyl (C=O) groups is 2. The first kappa shape index (κ1) is 22.1. The van der Waals surface area contributed by atoms with Gasteiger partial charge in [-0.15, -0.1) is 0 Å². The van der Waals surface area contributed by atoms with Gasteiger partial charge in [0.05, 0.1) is 0 Å². The van der Waals surface area contributed by atoms with E-state index in [1.54, 1.807) is 48.8 Å². The van der Waals surface area contributed by atoms with Crippen LogP contribution in [0.15, 0.2) is 59.4 Å². The van der Waals surface area contributed by atoms with Crippen molar-refractivity contribution >= 4 is 11.8 Å². The maximum atomic E-state index is 13.1. The molecule has 2 amide bonds. The maximum absolute atomic E-state index is 13.1. The van der Waals surface area contributed by atoms with Crippen molar-refractivity contribution in [3.63, 3.8) is 0 Å². The van der Waals surface area contributed by atoms with E-state index in [0.717, 1.165) is 5.56 Å². The highest BCUT2D eigenvalue weighted by atomic mass is 16.5. The highest BCUT2D eigenvalue weighted by Gasteiger charge is 2.30. The van der Waals surface area contributed by atoms with Crippen molar-refractivity contribution in [2.75, 3.05) is 0 Å². The summed E-state index contributed by atoms with van der Waals surface area (Å²) in [7, 11) is 0. The van der Waals surface area contributed by atoms with Gasteiger partial charge in [0.1, 0.15) is 12.1 Å². The number of amides is 2. The number of benzene rings is 1. The molecule has 2 unspecified atom stereocenters. The van der Waals surface area contributed by atoms with Crippen molar-refractivity contribution in [1.29, 1.82) is 0 Å². The second-order valence-corrected chi connectivity index (χ2v) is 7.98. The van der Waals surface area contributed by atoms with Gasteiger partial charge in [0.25, 0.3) is 5.91 Å². The highest BCUT2D eigenvalue weighted by Crippen LogP contribution is 2.23. The summed E-state index contributed by atoms with van der Waals surface area (Å²) in [4.78, 5) is 34.1. The lowest BCUT2D eigenvalue weighted by atomic mass is 9.99. The fraction of sp³-hybridized carbons (Fsp3) is 0.348. The summed E-state index contributed by atoms with van der Waals surface area (Å²) in [5.41, 5.74) is 1.27. The largest absolute Gasteiger partial charge is 0.342 e. The molecule has 31 heavy (non-hydrogen) atoms. The summed E-state index contributed by atoms with van der Waals surface area (Å²) in [5.74, 6) is 0.0139. The van der Waals surface area contributed by atoms with Crippen molar-refractivity contribution < 1.29 is 14.1 Å². The third kappa shape index (κ3) is 5.53. The van der Waals surface area contributed by atoms with Crippen LogP contribution < -0.4 is 10.6 Å². The van der Waals surface area contributed by atoms with Crippen LogP contribution in [0.3, 0.4) is 0 Å². The molecule has 0 spiro atoms. The smallest absolute Gasteiger partial charge is 0.251 e. The predicted octanol–water partition coefficient (Wildman–Crippen LogP) is 3.40. The number of nitrogens with zero attached hydrogens (tertiary/aromatic N) is 3. The molecule has 1 aromatic carbocycles. The van der Waals surface area contributed by atoms with Gasteiger partial charge in [-0.3, -0.25) is 14.6 Å². The Balaban J connectivity index is 1.75.